The minimum atomic E-state index is -2.20. The molecule has 5 rings (SSSR count). The van der Waals surface area contributed by atoms with Crippen molar-refractivity contribution in [2.24, 2.45) is 5.92 Å². The van der Waals surface area contributed by atoms with Crippen molar-refractivity contribution in [2.45, 2.75) is 56.7 Å². The first kappa shape index (κ1) is 29.0. The Morgan fingerprint density at radius 2 is 2.00 bits per heavy atom. The second-order valence-corrected chi connectivity index (χ2v) is 17.2. The maximum Gasteiger partial charge on any atom is 0.264 e. The van der Waals surface area contributed by atoms with Crippen LogP contribution in [-0.2, 0) is 28.1 Å². The summed E-state index contributed by atoms with van der Waals surface area (Å²) >= 11 is 2.32. The molecule has 212 valence electrons. The van der Waals surface area contributed by atoms with Gasteiger partial charge in [-0.2, -0.15) is 0 Å². The Kier molecular flexibility index (Phi) is 8.24. The molecule has 1 saturated heterocycles. The van der Waals surface area contributed by atoms with Crippen LogP contribution in [0.2, 0.25) is 18.6 Å². The highest BCUT2D eigenvalue weighted by Gasteiger charge is 2.66. The summed E-state index contributed by atoms with van der Waals surface area (Å²) in [5.41, 5.74) is 1.72. The number of rotatable bonds is 10. The van der Waals surface area contributed by atoms with Gasteiger partial charge >= 0.3 is 0 Å². The number of methoxy groups -OCH3 is 1. The zero-order valence-corrected chi connectivity index (χ0v) is 26.7. The Labute approximate surface area is 250 Å². The van der Waals surface area contributed by atoms with Gasteiger partial charge in [-0.3, -0.25) is 9.48 Å². The summed E-state index contributed by atoms with van der Waals surface area (Å²) in [6.45, 7) is 12.0. The van der Waals surface area contributed by atoms with Gasteiger partial charge < -0.3 is 19.5 Å². The minimum Gasteiger partial charge on any atom is -0.497 e. The largest absolute Gasteiger partial charge is 0.497 e. The van der Waals surface area contributed by atoms with Crippen LogP contribution < -0.4 is 14.8 Å². The Bertz CT molecular complexity index is 1390. The van der Waals surface area contributed by atoms with Crippen molar-refractivity contribution in [3.63, 3.8) is 0 Å². The zero-order chi connectivity index (χ0) is 28.7. The number of amides is 1. The summed E-state index contributed by atoms with van der Waals surface area (Å²) in [7, 11) is -0.524. The number of nitrogens with zero attached hydrogens (tertiary/aromatic N) is 4. The molecule has 0 unspecified atom stereocenters. The van der Waals surface area contributed by atoms with Crippen molar-refractivity contribution < 1.29 is 19.4 Å². The van der Waals surface area contributed by atoms with Gasteiger partial charge in [0.25, 0.3) is 5.91 Å². The molecule has 0 radical (unpaired) electrons. The van der Waals surface area contributed by atoms with Crippen molar-refractivity contribution in [1.29, 1.82) is 0 Å². The first-order valence-electron chi connectivity index (χ1n) is 13.7. The quantitative estimate of drug-likeness (QED) is 0.197. The molecule has 8 nitrogen and oxygen atoms in total. The third kappa shape index (κ3) is 4.82. The molecule has 2 aliphatic rings. The van der Waals surface area contributed by atoms with Gasteiger partial charge in [0, 0.05) is 47.4 Å². The fourth-order valence-electron chi connectivity index (χ4n) is 6.80. The lowest BCUT2D eigenvalue weighted by molar-refractivity contribution is -0.145. The number of carbonyl (C=O) groups is 1. The van der Waals surface area contributed by atoms with E-state index in [1.54, 1.807) is 13.2 Å². The van der Waals surface area contributed by atoms with Crippen LogP contribution >= 0.6 is 22.6 Å². The number of fused-ring (bicyclic) bond motifs is 2. The fourth-order valence-corrected chi connectivity index (χ4v) is 11.4. The lowest BCUT2D eigenvalue weighted by Crippen LogP contribution is -2.51. The molecule has 0 saturated carbocycles. The zero-order valence-electron chi connectivity index (χ0n) is 23.5. The molecule has 2 aliphatic heterocycles. The van der Waals surface area contributed by atoms with E-state index in [9.17, 15) is 9.90 Å². The van der Waals surface area contributed by atoms with E-state index in [1.165, 1.54) is 5.19 Å². The summed E-state index contributed by atoms with van der Waals surface area (Å²) in [6, 6.07) is 14.6. The highest BCUT2D eigenvalue weighted by atomic mass is 127. The predicted molar refractivity (Wildman–Crippen MR) is 167 cm³/mol. The van der Waals surface area contributed by atoms with Gasteiger partial charge in [0.05, 0.1) is 32.7 Å². The van der Waals surface area contributed by atoms with Crippen LogP contribution in [-0.4, -0.2) is 60.4 Å². The molecule has 4 atom stereocenters. The fraction of sp³-hybridized carbons (Fsp3) is 0.433. The standard InChI is InChI=1S/C30H37IN4O4Si/c1-6-15-35-26-12-7-21(31)18-25(26)30(29(35)37)20(2)28(40(4,5)24-10-8-23(38-3)9-11-24)27(39-30)13-16-34-19-22(14-17-36)32-33-34/h6-12,18-20,27-28,36H,1,13-17H2,2-5H3/t20-,27+,28-,30+/m1/s1. The molecule has 1 fully saturated rings. The van der Waals surface area contributed by atoms with E-state index in [0.29, 0.717) is 25.9 Å². The normalized spacial score (nSPS) is 24.1. The Balaban J connectivity index is 1.57. The van der Waals surface area contributed by atoms with Crippen LogP contribution in [0.15, 0.2) is 61.3 Å². The molecule has 3 aromatic rings. The number of aliphatic hydroxyl groups is 1. The van der Waals surface area contributed by atoms with Gasteiger partial charge in [0.15, 0.2) is 5.60 Å². The third-order valence-corrected chi connectivity index (χ3v) is 13.7. The van der Waals surface area contributed by atoms with Crippen LogP contribution in [0, 0.1) is 9.49 Å². The second-order valence-electron chi connectivity index (χ2n) is 11.3. The molecule has 10 heteroatoms. The maximum atomic E-state index is 14.4. The number of hydrogen-bond donors (Lipinski definition) is 1. The number of halogens is 1. The van der Waals surface area contributed by atoms with Crippen LogP contribution in [0.25, 0.3) is 0 Å². The average Bonchev–Trinajstić information content (AvgIpc) is 3.58. The molecule has 1 amide bonds. The van der Waals surface area contributed by atoms with Gasteiger partial charge in [-0.25, -0.2) is 0 Å². The summed E-state index contributed by atoms with van der Waals surface area (Å²) in [5, 5.41) is 19.1. The SMILES string of the molecule is C=CCN1C(=O)[C@@]2(O[C@@H](CCn3cc(CCO)nn3)[C@H]([Si](C)(C)c3ccc(OC)cc3)[C@H]2C)c2cc(I)ccc21. The lowest BCUT2D eigenvalue weighted by Gasteiger charge is -2.37. The Morgan fingerprint density at radius 1 is 1.25 bits per heavy atom. The van der Waals surface area contributed by atoms with Crippen LogP contribution in [0.1, 0.15) is 24.6 Å². The molecule has 1 spiro atoms. The Morgan fingerprint density at radius 3 is 2.67 bits per heavy atom. The lowest BCUT2D eigenvalue weighted by atomic mass is 9.82. The molecule has 2 aromatic carbocycles. The summed E-state index contributed by atoms with van der Waals surface area (Å²) < 4.78 is 15.4. The predicted octanol–water partition coefficient (Wildman–Crippen LogP) is 4.27. The third-order valence-electron chi connectivity index (χ3n) is 8.71. The van der Waals surface area contributed by atoms with Crippen LogP contribution in [0.3, 0.4) is 0 Å². The van der Waals surface area contributed by atoms with E-state index in [-0.39, 0.29) is 30.1 Å². The average molecular weight is 673 g/mol. The van der Waals surface area contributed by atoms with Gasteiger partial charge in [-0.15, -0.1) is 11.7 Å². The van der Waals surface area contributed by atoms with Crippen molar-refractivity contribution in [2.75, 3.05) is 25.2 Å². The maximum absolute atomic E-state index is 14.4. The highest BCUT2D eigenvalue weighted by Crippen LogP contribution is 2.60. The van der Waals surface area contributed by atoms with E-state index in [1.807, 2.05) is 40.0 Å². The minimum absolute atomic E-state index is 0.00470. The number of anilines is 1. The number of aromatic nitrogens is 3. The van der Waals surface area contributed by atoms with Crippen LogP contribution in [0.4, 0.5) is 5.69 Å². The first-order chi connectivity index (χ1) is 19.2. The molecule has 1 N–H and O–H groups in total. The van der Waals surface area contributed by atoms with Crippen LogP contribution in [0.5, 0.6) is 5.75 Å². The number of ether oxygens (including phenoxy) is 2. The summed E-state index contributed by atoms with van der Waals surface area (Å²) in [4.78, 5) is 16.2. The molecule has 0 aliphatic carbocycles. The van der Waals surface area contributed by atoms with Gasteiger partial charge in [0.2, 0.25) is 0 Å². The topological polar surface area (TPSA) is 89.7 Å². The highest BCUT2D eigenvalue weighted by molar-refractivity contribution is 14.1. The number of hydrogen-bond acceptors (Lipinski definition) is 6. The van der Waals surface area contributed by atoms with E-state index < -0.39 is 13.7 Å². The van der Waals surface area contributed by atoms with E-state index >= 15 is 0 Å². The van der Waals surface area contributed by atoms with Crippen molar-refractivity contribution in [3.8, 4) is 5.75 Å². The first-order valence-corrected chi connectivity index (χ1v) is 17.9. The molecule has 1 aromatic heterocycles. The van der Waals surface area contributed by atoms with Crippen molar-refractivity contribution in [1.82, 2.24) is 15.0 Å². The summed E-state index contributed by atoms with van der Waals surface area (Å²) in [5.74, 6) is 0.771. The van der Waals surface area contributed by atoms with Gasteiger partial charge in [-0.1, -0.05) is 48.6 Å². The molecular formula is C30H37IN4O4Si. The van der Waals surface area contributed by atoms with Crippen molar-refractivity contribution in [3.05, 3.63) is 76.1 Å². The van der Waals surface area contributed by atoms with Crippen molar-refractivity contribution >= 4 is 47.4 Å². The molecule has 0 bridgehead atoms. The molecule has 3 heterocycles. The second kappa shape index (κ2) is 11.4. The van der Waals surface area contributed by atoms with E-state index in [2.05, 4.69) is 77.7 Å². The van der Waals surface area contributed by atoms with E-state index in [0.717, 1.165) is 26.3 Å². The smallest absolute Gasteiger partial charge is 0.264 e. The molecule has 40 heavy (non-hydrogen) atoms. The number of aliphatic hydroxyl groups excluding tert-OH is 1. The summed E-state index contributed by atoms with van der Waals surface area (Å²) in [6.07, 6.45) is 4.67. The monoisotopic (exact) mass is 672 g/mol. The number of benzene rings is 2. The molecular weight excluding hydrogens is 635 g/mol. The number of aryl methyl sites for hydroxylation is 1. The van der Waals surface area contributed by atoms with Gasteiger partial charge in [0.1, 0.15) is 5.75 Å². The van der Waals surface area contributed by atoms with E-state index in [4.69, 9.17) is 9.47 Å². The van der Waals surface area contributed by atoms with Gasteiger partial charge in [-0.05, 0) is 64.9 Å². The number of carbonyl (C=O) groups excluding carboxylic acids is 1. The Hall–Kier alpha value is -2.54.